The van der Waals surface area contributed by atoms with Crippen LogP contribution >= 0.6 is 0 Å². The zero-order valence-electron chi connectivity index (χ0n) is 20.5. The van der Waals surface area contributed by atoms with Crippen molar-refractivity contribution >= 4 is 30.0 Å². The molecule has 0 aliphatic carbocycles. The Morgan fingerprint density at radius 3 is 1.92 bits per heavy atom. The number of nitrogens with zero attached hydrogens (tertiary/aromatic N) is 1. The number of esters is 4. The molecule has 1 amide bonds. The van der Waals surface area contributed by atoms with Crippen LogP contribution < -0.4 is 0 Å². The highest BCUT2D eigenvalue weighted by atomic mass is 16.6. The Bertz CT molecular complexity index is 1020. The number of rotatable bonds is 8. The fraction of sp³-hybridized carbons (Fsp3) is 0.440. The number of amides is 1. The van der Waals surface area contributed by atoms with E-state index in [2.05, 4.69) is 12.3 Å². The first-order chi connectivity index (χ1) is 17.0. The lowest BCUT2D eigenvalue weighted by Crippen LogP contribution is -2.70. The summed E-state index contributed by atoms with van der Waals surface area (Å²) < 4.78 is 26.9. The second kappa shape index (κ2) is 13.1. The van der Waals surface area contributed by atoms with E-state index in [-0.39, 0.29) is 6.61 Å². The molecule has 1 aliphatic rings. The molecule has 1 saturated heterocycles. The van der Waals surface area contributed by atoms with Crippen LogP contribution in [0.1, 0.15) is 33.3 Å². The minimum atomic E-state index is -1.38. The smallest absolute Gasteiger partial charge is 0.411 e. The van der Waals surface area contributed by atoms with Gasteiger partial charge in [0.1, 0.15) is 25.3 Å². The van der Waals surface area contributed by atoms with E-state index in [0.717, 1.165) is 32.6 Å². The van der Waals surface area contributed by atoms with Crippen LogP contribution in [-0.4, -0.2) is 71.9 Å². The van der Waals surface area contributed by atoms with E-state index in [1.165, 1.54) is 6.08 Å². The van der Waals surface area contributed by atoms with Gasteiger partial charge in [-0.05, 0) is 11.6 Å². The van der Waals surface area contributed by atoms with Gasteiger partial charge >= 0.3 is 30.0 Å². The van der Waals surface area contributed by atoms with Crippen molar-refractivity contribution in [3.8, 4) is 0 Å². The number of carbonyl (C=O) groups is 5. The molecule has 1 fully saturated rings. The summed E-state index contributed by atoms with van der Waals surface area (Å²) in [5, 5.41) is 0. The van der Waals surface area contributed by atoms with Crippen LogP contribution in [0.3, 0.4) is 0 Å². The molecule has 0 N–H and O–H groups in total. The van der Waals surface area contributed by atoms with Gasteiger partial charge in [-0.25, -0.2) is 4.79 Å². The monoisotopic (exact) mass is 503 g/mol. The largest absolute Gasteiger partial charge is 0.464 e. The highest BCUT2D eigenvalue weighted by Gasteiger charge is 2.56. The van der Waals surface area contributed by atoms with Gasteiger partial charge in [0.25, 0.3) is 0 Å². The van der Waals surface area contributed by atoms with E-state index < -0.39 is 67.0 Å². The molecule has 1 heterocycles. The minimum absolute atomic E-state index is 0.106. The van der Waals surface area contributed by atoms with Gasteiger partial charge < -0.3 is 23.7 Å². The van der Waals surface area contributed by atoms with Gasteiger partial charge in [0.15, 0.2) is 18.3 Å². The summed E-state index contributed by atoms with van der Waals surface area (Å²) >= 11 is 0. The molecular formula is C25H29NO10. The maximum absolute atomic E-state index is 13.4. The Morgan fingerprint density at radius 2 is 1.39 bits per heavy atom. The summed E-state index contributed by atoms with van der Waals surface area (Å²) in [6, 6.07) is 6.53. The highest BCUT2D eigenvalue weighted by molar-refractivity contribution is 5.72. The number of ether oxygens (including phenoxy) is 5. The summed E-state index contributed by atoms with van der Waals surface area (Å²) in [5.74, 6) is -2.96. The molecular weight excluding hydrogens is 474 g/mol. The number of hydrogen-bond donors (Lipinski definition) is 0. The average molecular weight is 504 g/mol. The molecule has 0 saturated carbocycles. The van der Waals surface area contributed by atoms with E-state index in [0.29, 0.717) is 5.56 Å². The van der Waals surface area contributed by atoms with Crippen LogP contribution in [0.25, 0.3) is 0 Å². The van der Waals surface area contributed by atoms with Crippen LogP contribution in [0, 0.1) is 0 Å². The summed E-state index contributed by atoms with van der Waals surface area (Å²) in [4.78, 5) is 62.1. The topological polar surface area (TPSA) is 135 Å². The highest BCUT2D eigenvalue weighted by Crippen LogP contribution is 2.33. The predicted octanol–water partition coefficient (Wildman–Crippen LogP) is 2.08. The summed E-state index contributed by atoms with van der Waals surface area (Å²) in [7, 11) is 0. The Morgan fingerprint density at radius 1 is 0.833 bits per heavy atom. The lowest BCUT2D eigenvalue weighted by Gasteiger charge is -2.49. The molecule has 1 aromatic carbocycles. The number of benzene rings is 1. The predicted molar refractivity (Wildman–Crippen MR) is 123 cm³/mol. The molecule has 5 atom stereocenters. The lowest BCUT2D eigenvalue weighted by molar-refractivity contribution is -0.211. The third-order valence-electron chi connectivity index (χ3n) is 5.11. The van der Waals surface area contributed by atoms with Gasteiger partial charge in [-0.3, -0.25) is 24.1 Å². The van der Waals surface area contributed by atoms with Crippen LogP contribution in [0.4, 0.5) is 4.79 Å². The molecule has 11 nitrogen and oxygen atoms in total. The molecule has 2 rings (SSSR count). The molecule has 0 radical (unpaired) electrons. The maximum atomic E-state index is 13.4. The quantitative estimate of drug-likeness (QED) is 0.295. The fourth-order valence-electron chi connectivity index (χ4n) is 3.85. The van der Waals surface area contributed by atoms with Gasteiger partial charge in [-0.2, -0.15) is 0 Å². The Hall–Kier alpha value is -4.11. The Labute approximate surface area is 208 Å². The fourth-order valence-corrected chi connectivity index (χ4v) is 3.85. The van der Waals surface area contributed by atoms with Crippen molar-refractivity contribution in [1.82, 2.24) is 4.90 Å². The first-order valence-corrected chi connectivity index (χ1v) is 11.0. The second-order valence-corrected chi connectivity index (χ2v) is 7.90. The van der Waals surface area contributed by atoms with Crippen LogP contribution in [0.2, 0.25) is 0 Å². The van der Waals surface area contributed by atoms with E-state index in [1.54, 1.807) is 30.3 Å². The molecule has 1 aliphatic heterocycles. The van der Waals surface area contributed by atoms with Crippen molar-refractivity contribution < 1.29 is 47.7 Å². The van der Waals surface area contributed by atoms with Crippen molar-refractivity contribution in [3.05, 3.63) is 54.3 Å². The first kappa shape index (κ1) is 28.1. The second-order valence-electron chi connectivity index (χ2n) is 7.90. The Kier molecular flexibility index (Phi) is 10.2. The number of carbonyl (C=O) groups excluding carboxylic acids is 5. The standard InChI is InChI=1S/C25H29NO10/c1-6-10-20-22(34-16(3)28)24(36-18(5)30)23(35-17(4)29)21(14-32-15(2)27)26(20)25(31)33-13-19-11-8-7-9-12-19/h7-12,20-24H,1,13-14H2,2-5H3/t20-,21-,22+,23-,24-/m1/s1. The molecule has 0 aromatic heterocycles. The van der Waals surface area contributed by atoms with Crippen LogP contribution in [0.15, 0.2) is 48.7 Å². The van der Waals surface area contributed by atoms with Gasteiger partial charge in [-0.1, -0.05) is 36.9 Å². The SMILES string of the molecule is C=C=C[C@@H]1[C@H](OC(C)=O)[C@@H](OC(C)=O)[C@H](OC(C)=O)[C@@H](COC(C)=O)N1C(=O)OCc1ccccc1. The number of piperidine rings is 1. The molecule has 194 valence electrons. The van der Waals surface area contributed by atoms with E-state index in [4.69, 9.17) is 23.7 Å². The summed E-state index contributed by atoms with van der Waals surface area (Å²) in [5.41, 5.74) is 3.24. The molecule has 0 spiro atoms. The number of hydrogen-bond acceptors (Lipinski definition) is 10. The third-order valence-corrected chi connectivity index (χ3v) is 5.11. The summed E-state index contributed by atoms with van der Waals surface area (Å²) in [6.07, 6.45) is -3.65. The van der Waals surface area contributed by atoms with Gasteiger partial charge in [-0.15, -0.1) is 5.73 Å². The zero-order valence-corrected chi connectivity index (χ0v) is 20.5. The summed E-state index contributed by atoms with van der Waals surface area (Å²) in [6.45, 7) is 7.50. The number of likely N-dealkylation sites (tertiary alicyclic amines) is 1. The van der Waals surface area contributed by atoms with Crippen molar-refractivity contribution in [1.29, 1.82) is 0 Å². The van der Waals surface area contributed by atoms with Crippen LogP contribution in [-0.2, 0) is 49.5 Å². The minimum Gasteiger partial charge on any atom is -0.464 e. The van der Waals surface area contributed by atoms with Crippen LogP contribution in [0.5, 0.6) is 0 Å². The van der Waals surface area contributed by atoms with Crippen molar-refractivity contribution in [2.75, 3.05) is 6.61 Å². The first-order valence-electron chi connectivity index (χ1n) is 11.0. The molecule has 0 unspecified atom stereocenters. The molecule has 11 heteroatoms. The third kappa shape index (κ3) is 7.71. The van der Waals surface area contributed by atoms with E-state index in [9.17, 15) is 24.0 Å². The zero-order chi connectivity index (χ0) is 26.8. The maximum Gasteiger partial charge on any atom is 0.411 e. The molecule has 36 heavy (non-hydrogen) atoms. The van der Waals surface area contributed by atoms with E-state index >= 15 is 0 Å². The normalized spacial score (nSPS) is 22.9. The van der Waals surface area contributed by atoms with Crippen molar-refractivity contribution in [2.45, 2.75) is 64.7 Å². The van der Waals surface area contributed by atoms with Crippen molar-refractivity contribution in [3.63, 3.8) is 0 Å². The van der Waals surface area contributed by atoms with E-state index in [1.807, 2.05) is 0 Å². The van der Waals surface area contributed by atoms with Gasteiger partial charge in [0, 0.05) is 27.7 Å². The van der Waals surface area contributed by atoms with Gasteiger partial charge in [0.05, 0.1) is 0 Å². The Balaban J connectivity index is 2.60. The lowest BCUT2D eigenvalue weighted by atomic mass is 9.87. The van der Waals surface area contributed by atoms with Gasteiger partial charge in [0.2, 0.25) is 0 Å². The molecule has 1 aromatic rings. The van der Waals surface area contributed by atoms with Crippen molar-refractivity contribution in [2.24, 2.45) is 0 Å². The molecule has 0 bridgehead atoms. The average Bonchev–Trinajstić information content (AvgIpc) is 2.79.